The van der Waals surface area contributed by atoms with Gasteiger partial charge in [0.2, 0.25) is 0 Å². The van der Waals surface area contributed by atoms with Crippen LogP contribution in [0.25, 0.3) is 11.3 Å². The predicted molar refractivity (Wildman–Crippen MR) is 81.1 cm³/mol. The number of nitriles is 1. The standard InChI is InChI=1S/C16H16FN3S/c17-14-5-3-13(4-6-14)15-11-21-16(19-15)10-20-7-1-2-12(8-18)9-20/h3-6,11-12H,1-2,7,9-10H2/t12-/m1/s1. The Balaban J connectivity index is 1.68. The molecular weight excluding hydrogens is 285 g/mol. The third kappa shape index (κ3) is 3.46. The lowest BCUT2D eigenvalue weighted by atomic mass is 10.00. The minimum absolute atomic E-state index is 0.148. The van der Waals surface area contributed by atoms with Crippen LogP contribution >= 0.6 is 11.3 Å². The van der Waals surface area contributed by atoms with Crippen molar-refractivity contribution in [1.29, 1.82) is 5.26 Å². The molecule has 0 unspecified atom stereocenters. The first-order valence-electron chi connectivity index (χ1n) is 7.07. The van der Waals surface area contributed by atoms with Crippen molar-refractivity contribution in [3.63, 3.8) is 0 Å². The Kier molecular flexibility index (Phi) is 4.28. The molecule has 1 fully saturated rings. The van der Waals surface area contributed by atoms with Crippen LogP contribution in [-0.4, -0.2) is 23.0 Å². The molecule has 1 aromatic heterocycles. The molecule has 0 aliphatic carbocycles. The highest BCUT2D eigenvalue weighted by molar-refractivity contribution is 7.09. The smallest absolute Gasteiger partial charge is 0.123 e. The van der Waals surface area contributed by atoms with Crippen molar-refractivity contribution < 1.29 is 4.39 Å². The highest BCUT2D eigenvalue weighted by Crippen LogP contribution is 2.24. The van der Waals surface area contributed by atoms with E-state index in [0.29, 0.717) is 0 Å². The Morgan fingerprint density at radius 2 is 2.19 bits per heavy atom. The number of hydrogen-bond acceptors (Lipinski definition) is 4. The molecule has 2 aromatic rings. The van der Waals surface area contributed by atoms with E-state index in [1.54, 1.807) is 23.5 Å². The van der Waals surface area contributed by atoms with Crippen molar-refractivity contribution in [2.75, 3.05) is 13.1 Å². The lowest BCUT2D eigenvalue weighted by molar-refractivity contribution is 0.192. The second-order valence-corrected chi connectivity index (χ2v) is 6.28. The SMILES string of the molecule is N#C[C@H]1CCCN(Cc2nc(-c3ccc(F)cc3)cs2)C1. The van der Waals surface area contributed by atoms with Gasteiger partial charge in [0.1, 0.15) is 10.8 Å². The van der Waals surface area contributed by atoms with E-state index in [0.717, 1.165) is 48.7 Å². The molecule has 0 amide bonds. The maximum Gasteiger partial charge on any atom is 0.123 e. The fraction of sp³-hybridized carbons (Fsp3) is 0.375. The fourth-order valence-corrected chi connectivity index (χ4v) is 3.48. The van der Waals surface area contributed by atoms with Crippen molar-refractivity contribution in [3.05, 3.63) is 40.5 Å². The summed E-state index contributed by atoms with van der Waals surface area (Å²) in [6, 6.07) is 8.77. The summed E-state index contributed by atoms with van der Waals surface area (Å²) >= 11 is 1.62. The van der Waals surface area contributed by atoms with Crippen molar-refractivity contribution in [2.45, 2.75) is 19.4 Å². The van der Waals surface area contributed by atoms with Crippen molar-refractivity contribution in [1.82, 2.24) is 9.88 Å². The topological polar surface area (TPSA) is 39.9 Å². The maximum absolute atomic E-state index is 12.9. The largest absolute Gasteiger partial charge is 0.295 e. The normalized spacial score (nSPS) is 19.3. The van der Waals surface area contributed by atoms with Gasteiger partial charge in [-0.3, -0.25) is 4.90 Å². The van der Waals surface area contributed by atoms with Gasteiger partial charge in [-0.15, -0.1) is 11.3 Å². The summed E-state index contributed by atoms with van der Waals surface area (Å²) in [6.45, 7) is 2.66. The minimum Gasteiger partial charge on any atom is -0.295 e. The summed E-state index contributed by atoms with van der Waals surface area (Å²) in [5.41, 5.74) is 1.83. The Bertz CT molecular complexity index is 644. The van der Waals surface area contributed by atoms with Crippen LogP contribution < -0.4 is 0 Å². The molecule has 1 atom stereocenters. The highest BCUT2D eigenvalue weighted by atomic mass is 32.1. The molecule has 3 rings (SSSR count). The number of aromatic nitrogens is 1. The number of halogens is 1. The van der Waals surface area contributed by atoms with Crippen LogP contribution in [-0.2, 0) is 6.54 Å². The van der Waals surface area contributed by atoms with E-state index in [9.17, 15) is 4.39 Å². The molecule has 108 valence electrons. The molecule has 3 nitrogen and oxygen atoms in total. The van der Waals surface area contributed by atoms with E-state index in [1.165, 1.54) is 12.1 Å². The Labute approximate surface area is 127 Å². The molecule has 2 heterocycles. The zero-order valence-corrected chi connectivity index (χ0v) is 12.4. The molecule has 21 heavy (non-hydrogen) atoms. The first kappa shape index (κ1) is 14.2. The van der Waals surface area contributed by atoms with Crippen LogP contribution in [0.2, 0.25) is 0 Å². The number of thiazole rings is 1. The van der Waals surface area contributed by atoms with Gasteiger partial charge in [-0.25, -0.2) is 9.37 Å². The van der Waals surface area contributed by atoms with E-state index < -0.39 is 0 Å². The monoisotopic (exact) mass is 301 g/mol. The molecule has 1 aliphatic heterocycles. The lowest BCUT2D eigenvalue weighted by Gasteiger charge is -2.28. The molecule has 1 aliphatic rings. The second kappa shape index (κ2) is 6.33. The van der Waals surface area contributed by atoms with Crippen LogP contribution in [0.15, 0.2) is 29.6 Å². The molecule has 0 spiro atoms. The van der Waals surface area contributed by atoms with Crippen LogP contribution in [0.4, 0.5) is 4.39 Å². The number of likely N-dealkylation sites (tertiary alicyclic amines) is 1. The van der Waals surface area contributed by atoms with E-state index in [2.05, 4.69) is 16.0 Å². The zero-order chi connectivity index (χ0) is 14.7. The van der Waals surface area contributed by atoms with Gasteiger partial charge in [0.25, 0.3) is 0 Å². The van der Waals surface area contributed by atoms with Crippen LogP contribution in [0.1, 0.15) is 17.8 Å². The summed E-state index contributed by atoms with van der Waals surface area (Å²) in [5, 5.41) is 12.1. The lowest BCUT2D eigenvalue weighted by Crippen LogP contribution is -2.34. The van der Waals surface area contributed by atoms with Gasteiger partial charge in [0.15, 0.2) is 0 Å². The number of benzene rings is 1. The average molecular weight is 301 g/mol. The number of nitrogens with zero attached hydrogens (tertiary/aromatic N) is 3. The third-order valence-electron chi connectivity index (χ3n) is 3.74. The summed E-state index contributed by atoms with van der Waals surface area (Å²) in [5.74, 6) is -0.0830. The van der Waals surface area contributed by atoms with Crippen molar-refractivity contribution in [2.24, 2.45) is 5.92 Å². The first-order chi connectivity index (χ1) is 10.2. The highest BCUT2D eigenvalue weighted by Gasteiger charge is 2.20. The van der Waals surface area contributed by atoms with Crippen molar-refractivity contribution in [3.8, 4) is 17.3 Å². The van der Waals surface area contributed by atoms with Gasteiger partial charge in [0, 0.05) is 17.5 Å². The average Bonchev–Trinajstić information content (AvgIpc) is 2.96. The van der Waals surface area contributed by atoms with Gasteiger partial charge in [-0.2, -0.15) is 5.26 Å². The molecule has 0 N–H and O–H groups in total. The second-order valence-electron chi connectivity index (χ2n) is 5.34. The number of piperidine rings is 1. The van der Waals surface area contributed by atoms with Crippen LogP contribution in [0, 0.1) is 23.1 Å². The van der Waals surface area contributed by atoms with Gasteiger partial charge in [0.05, 0.1) is 24.2 Å². The van der Waals surface area contributed by atoms with Crippen molar-refractivity contribution >= 4 is 11.3 Å². The Hall–Kier alpha value is -1.77. The quantitative estimate of drug-likeness (QED) is 0.868. The van der Waals surface area contributed by atoms with Gasteiger partial charge < -0.3 is 0 Å². The third-order valence-corrected chi connectivity index (χ3v) is 4.57. The molecule has 5 heteroatoms. The summed E-state index contributed by atoms with van der Waals surface area (Å²) < 4.78 is 12.9. The van der Waals surface area contributed by atoms with Crippen LogP contribution in [0.3, 0.4) is 0 Å². The fourth-order valence-electron chi connectivity index (χ4n) is 2.63. The van der Waals surface area contributed by atoms with Gasteiger partial charge in [-0.05, 0) is 43.7 Å². The van der Waals surface area contributed by atoms with Gasteiger partial charge >= 0.3 is 0 Å². The minimum atomic E-state index is -0.231. The van der Waals surface area contributed by atoms with E-state index in [4.69, 9.17) is 5.26 Å². The summed E-state index contributed by atoms with van der Waals surface area (Å²) in [6.07, 6.45) is 2.08. The van der Waals surface area contributed by atoms with E-state index >= 15 is 0 Å². The Morgan fingerprint density at radius 1 is 1.38 bits per heavy atom. The van der Waals surface area contributed by atoms with Gasteiger partial charge in [-0.1, -0.05) is 0 Å². The summed E-state index contributed by atoms with van der Waals surface area (Å²) in [4.78, 5) is 6.92. The molecule has 0 radical (unpaired) electrons. The number of hydrogen-bond donors (Lipinski definition) is 0. The summed E-state index contributed by atoms with van der Waals surface area (Å²) in [7, 11) is 0. The molecular formula is C16H16FN3S. The molecule has 0 bridgehead atoms. The van der Waals surface area contributed by atoms with E-state index in [-0.39, 0.29) is 11.7 Å². The molecule has 0 saturated carbocycles. The Morgan fingerprint density at radius 3 is 2.95 bits per heavy atom. The maximum atomic E-state index is 12.9. The molecule has 1 saturated heterocycles. The van der Waals surface area contributed by atoms with E-state index in [1.807, 2.05) is 5.38 Å². The predicted octanol–water partition coefficient (Wildman–Crippen LogP) is 3.68. The zero-order valence-electron chi connectivity index (χ0n) is 11.6. The van der Waals surface area contributed by atoms with Crippen LogP contribution in [0.5, 0.6) is 0 Å². The first-order valence-corrected chi connectivity index (χ1v) is 7.95. The molecule has 1 aromatic carbocycles. The number of rotatable bonds is 3.